The van der Waals surface area contributed by atoms with Gasteiger partial charge < -0.3 is 25.0 Å². The molecule has 6 rings (SSSR count). The number of aryl methyl sites for hydroxylation is 1. The lowest BCUT2D eigenvalue weighted by molar-refractivity contribution is 0.0982. The molecule has 2 aliphatic heterocycles. The predicted octanol–water partition coefficient (Wildman–Crippen LogP) is 5.57. The first kappa shape index (κ1) is 32.3. The summed E-state index contributed by atoms with van der Waals surface area (Å²) in [6.45, 7) is 12.1. The zero-order chi connectivity index (χ0) is 32.4. The van der Waals surface area contributed by atoms with Gasteiger partial charge in [0.05, 0.1) is 32.2 Å². The summed E-state index contributed by atoms with van der Waals surface area (Å²) in [4.78, 5) is 25.6. The Bertz CT molecular complexity index is 1820. The number of nitrogens with one attached hydrogen (secondary N) is 2. The maximum absolute atomic E-state index is 13.4. The van der Waals surface area contributed by atoms with Crippen LogP contribution in [-0.2, 0) is 11.0 Å². The lowest BCUT2D eigenvalue weighted by atomic mass is 9.98. The molecule has 0 unspecified atom stereocenters. The minimum Gasteiger partial charge on any atom is -0.371 e. The normalized spacial score (nSPS) is 16.8. The van der Waals surface area contributed by atoms with Crippen molar-refractivity contribution < 1.29 is 4.57 Å². The third-order valence-corrected chi connectivity index (χ3v) is 11.1. The van der Waals surface area contributed by atoms with Gasteiger partial charge in [0.1, 0.15) is 24.5 Å². The van der Waals surface area contributed by atoms with Crippen LogP contribution in [0.1, 0.15) is 30.9 Å². The number of hydrogen-bond donors (Lipinski definition) is 2. The van der Waals surface area contributed by atoms with E-state index >= 15 is 0 Å². The first-order valence-electron chi connectivity index (χ1n) is 15.7. The predicted molar refractivity (Wildman–Crippen MR) is 190 cm³/mol. The SMILES string of the molecule is CCc1cc(Nc2ncc(Br)c(Nc3ccc4nccnc4c3P(C)(C)=O)n2)c(C#N)cc1N1CCC(N2CCN(C)CC2)CC1. The number of halogens is 1. The van der Waals surface area contributed by atoms with Crippen molar-refractivity contribution in [2.24, 2.45) is 0 Å². The maximum atomic E-state index is 13.4. The van der Waals surface area contributed by atoms with Crippen molar-refractivity contribution in [3.63, 3.8) is 0 Å². The molecule has 2 saturated heterocycles. The first-order chi connectivity index (χ1) is 22.1. The molecule has 2 fully saturated rings. The number of aromatic nitrogens is 4. The molecule has 13 heteroatoms. The van der Waals surface area contributed by atoms with Crippen molar-refractivity contribution in [2.45, 2.75) is 32.2 Å². The van der Waals surface area contributed by atoms with Crippen molar-refractivity contribution in [1.82, 2.24) is 29.7 Å². The molecule has 2 N–H and O–H groups in total. The van der Waals surface area contributed by atoms with Gasteiger partial charge in [-0.15, -0.1) is 0 Å². The summed E-state index contributed by atoms with van der Waals surface area (Å²) in [6.07, 6.45) is 7.98. The van der Waals surface area contributed by atoms with Gasteiger partial charge in [0.2, 0.25) is 5.95 Å². The Hall–Kier alpha value is -3.62. The summed E-state index contributed by atoms with van der Waals surface area (Å²) < 4.78 is 14.0. The summed E-state index contributed by atoms with van der Waals surface area (Å²) in [5.41, 5.74) is 5.43. The van der Waals surface area contributed by atoms with Gasteiger partial charge in [-0.1, -0.05) is 6.92 Å². The largest absolute Gasteiger partial charge is 0.371 e. The molecule has 2 aliphatic rings. The van der Waals surface area contributed by atoms with Crippen LogP contribution in [0.5, 0.6) is 0 Å². The van der Waals surface area contributed by atoms with Crippen molar-refractivity contribution in [3.8, 4) is 6.07 Å². The molecule has 4 heterocycles. The monoisotopic (exact) mass is 702 g/mol. The van der Waals surface area contributed by atoms with E-state index < -0.39 is 7.14 Å². The third-order valence-electron chi connectivity index (χ3n) is 8.98. The second-order valence-corrected chi connectivity index (χ2v) is 16.4. The second-order valence-electron chi connectivity index (χ2n) is 12.4. The molecule has 0 radical (unpaired) electrons. The summed E-state index contributed by atoms with van der Waals surface area (Å²) in [7, 11) is -0.553. The number of benzene rings is 2. The summed E-state index contributed by atoms with van der Waals surface area (Å²) in [5.74, 6) is 0.827. The quantitative estimate of drug-likeness (QED) is 0.224. The number of likely N-dealkylation sites (N-methyl/N-ethyl adjacent to an activating group) is 1. The third kappa shape index (κ3) is 6.88. The minimum absolute atomic E-state index is 0.336. The van der Waals surface area contributed by atoms with Gasteiger partial charge in [0.25, 0.3) is 0 Å². The number of piperazine rings is 1. The van der Waals surface area contributed by atoms with Crippen LogP contribution in [0, 0.1) is 11.3 Å². The van der Waals surface area contributed by atoms with Gasteiger partial charge in [-0.25, -0.2) is 4.98 Å². The number of nitriles is 1. The van der Waals surface area contributed by atoms with Crippen molar-refractivity contribution in [3.05, 3.63) is 58.5 Å². The number of rotatable bonds is 8. The molecule has 0 amide bonds. The van der Waals surface area contributed by atoms with Crippen LogP contribution in [0.2, 0.25) is 0 Å². The Morgan fingerprint density at radius 1 is 1.00 bits per heavy atom. The molecular weight excluding hydrogens is 663 g/mol. The van der Waals surface area contributed by atoms with E-state index in [2.05, 4.69) is 82.3 Å². The second kappa shape index (κ2) is 13.6. The Balaban J connectivity index is 1.23. The van der Waals surface area contributed by atoms with E-state index in [1.54, 1.807) is 31.9 Å². The van der Waals surface area contributed by atoms with Crippen molar-refractivity contribution in [1.29, 1.82) is 5.26 Å². The van der Waals surface area contributed by atoms with Crippen molar-refractivity contribution in [2.75, 3.05) is 75.2 Å². The topological polar surface area (TPSA) is 126 Å². The van der Waals surface area contributed by atoms with E-state index in [4.69, 9.17) is 4.98 Å². The van der Waals surface area contributed by atoms with E-state index in [0.717, 1.165) is 64.2 Å². The smallest absolute Gasteiger partial charge is 0.229 e. The maximum Gasteiger partial charge on any atom is 0.229 e. The minimum atomic E-state index is -2.75. The molecule has 0 atom stereocenters. The van der Waals surface area contributed by atoms with Gasteiger partial charge in [-0.2, -0.15) is 10.2 Å². The standard InChI is InChI=1S/C33H40BrN10OP/c1-5-22-18-28(23(20-35)19-29(22)44-12-8-24(9-13-44)43-16-14-42(2)15-17-43)40-33-38-21-25(34)32(41-33)39-27-7-6-26-30(37-11-10-36-26)31(27)46(3,4)45/h6-7,10-11,18-19,21,24H,5,8-9,12-17H2,1-4H3,(H2,38,39,40,41). The number of piperidine rings is 1. The number of nitrogens with zero attached hydrogens (tertiary/aromatic N) is 8. The van der Waals surface area contributed by atoms with E-state index in [0.29, 0.717) is 55.6 Å². The molecule has 46 heavy (non-hydrogen) atoms. The molecule has 0 spiro atoms. The highest BCUT2D eigenvalue weighted by Crippen LogP contribution is 2.41. The van der Waals surface area contributed by atoms with Crippen LogP contribution >= 0.6 is 23.1 Å². The lowest BCUT2D eigenvalue weighted by Gasteiger charge is -2.43. The molecule has 2 aromatic carbocycles. The molecule has 0 saturated carbocycles. The molecule has 0 aliphatic carbocycles. The highest BCUT2D eigenvalue weighted by Gasteiger charge is 2.28. The fraction of sp³-hybridized carbons (Fsp3) is 0.424. The average Bonchev–Trinajstić information content (AvgIpc) is 3.06. The van der Waals surface area contributed by atoms with E-state index in [9.17, 15) is 9.83 Å². The van der Waals surface area contributed by atoms with Crippen LogP contribution in [0.3, 0.4) is 0 Å². The Labute approximate surface area is 278 Å². The Morgan fingerprint density at radius 2 is 1.74 bits per heavy atom. The van der Waals surface area contributed by atoms with Crippen LogP contribution in [0.25, 0.3) is 11.0 Å². The molecule has 0 bridgehead atoms. The van der Waals surface area contributed by atoms with Gasteiger partial charge in [0.15, 0.2) is 0 Å². The lowest BCUT2D eigenvalue weighted by Crippen LogP contribution is -2.52. The molecule has 4 aromatic rings. The fourth-order valence-corrected chi connectivity index (χ4v) is 8.18. The van der Waals surface area contributed by atoms with Gasteiger partial charge in [-0.3, -0.25) is 14.9 Å². The Kier molecular flexibility index (Phi) is 9.57. The number of hydrogen-bond acceptors (Lipinski definition) is 11. The Morgan fingerprint density at radius 3 is 2.43 bits per heavy atom. The van der Waals surface area contributed by atoms with Crippen LogP contribution in [0.4, 0.5) is 28.8 Å². The van der Waals surface area contributed by atoms with Crippen LogP contribution in [-0.4, -0.2) is 95.4 Å². The van der Waals surface area contributed by atoms with Gasteiger partial charge in [-0.05, 0) is 85.4 Å². The van der Waals surface area contributed by atoms with Crippen LogP contribution < -0.4 is 20.8 Å². The number of fused-ring (bicyclic) bond motifs is 1. The van der Waals surface area contributed by atoms with Gasteiger partial charge in [0, 0.05) is 69.6 Å². The van der Waals surface area contributed by atoms with E-state index in [-0.39, 0.29) is 0 Å². The summed E-state index contributed by atoms with van der Waals surface area (Å²) >= 11 is 3.56. The van der Waals surface area contributed by atoms with Gasteiger partial charge >= 0.3 is 0 Å². The first-order valence-corrected chi connectivity index (χ1v) is 19.1. The molecule has 2 aromatic heterocycles. The summed E-state index contributed by atoms with van der Waals surface area (Å²) in [6, 6.07) is 10.8. The van der Waals surface area contributed by atoms with E-state index in [1.165, 1.54) is 5.56 Å². The summed E-state index contributed by atoms with van der Waals surface area (Å²) in [5, 5.41) is 17.4. The van der Waals surface area contributed by atoms with E-state index in [1.807, 2.05) is 18.2 Å². The van der Waals surface area contributed by atoms with Crippen molar-refractivity contribution >= 4 is 68.2 Å². The molecule has 11 nitrogen and oxygen atoms in total. The zero-order valence-electron chi connectivity index (χ0n) is 26.8. The highest BCUT2D eigenvalue weighted by atomic mass is 79.9. The highest BCUT2D eigenvalue weighted by molar-refractivity contribution is 9.10. The van der Waals surface area contributed by atoms with Crippen LogP contribution in [0.15, 0.2) is 47.3 Å². The molecular formula is C33H40BrN10OP. The fourth-order valence-electron chi connectivity index (χ4n) is 6.50. The average molecular weight is 704 g/mol. The number of anilines is 5. The zero-order valence-corrected chi connectivity index (χ0v) is 29.3. The molecule has 240 valence electrons.